The molecular weight excluding hydrogens is 452 g/mol. The van der Waals surface area contributed by atoms with Crippen LogP contribution >= 0.6 is 23.1 Å². The summed E-state index contributed by atoms with van der Waals surface area (Å²) in [6.07, 6.45) is 0.882. The second kappa shape index (κ2) is 9.33. The molecule has 1 N–H and O–H groups in total. The first-order valence-electron chi connectivity index (χ1n) is 9.71. The standard InChI is InChI=1S/C22H22N2O4S3/c1-24(31(26,27)22-7-4-13-30-22)16-8-10-17(11-9-16)28-15-21(25)23-19-12-14-29-20-6-3-2-5-18(19)20/h2-11,13,19H,12,14-15H2,1H3,(H,23,25)/t19-/m1/s1. The number of nitrogens with one attached hydrogen (secondary N) is 1. The predicted octanol–water partition coefficient (Wildman–Crippen LogP) is 4.31. The molecule has 0 saturated heterocycles. The SMILES string of the molecule is CN(c1ccc(OCC(=O)N[C@@H]2CCSc3ccccc32)cc1)S(=O)(=O)c1cccs1. The van der Waals surface area contributed by atoms with Crippen LogP contribution in [0, 0.1) is 0 Å². The summed E-state index contributed by atoms with van der Waals surface area (Å²) in [6.45, 7) is -0.103. The zero-order valence-electron chi connectivity index (χ0n) is 16.9. The Morgan fingerprint density at radius 1 is 1.13 bits per heavy atom. The fourth-order valence-corrected chi connectivity index (χ4v) is 6.79. The summed E-state index contributed by atoms with van der Waals surface area (Å²) < 4.78 is 32.4. The van der Waals surface area contributed by atoms with Crippen LogP contribution in [0.3, 0.4) is 0 Å². The highest BCUT2D eigenvalue weighted by Crippen LogP contribution is 2.35. The smallest absolute Gasteiger partial charge is 0.273 e. The van der Waals surface area contributed by atoms with Gasteiger partial charge in [0.05, 0.1) is 11.7 Å². The van der Waals surface area contributed by atoms with Gasteiger partial charge in [-0.1, -0.05) is 24.3 Å². The van der Waals surface area contributed by atoms with Gasteiger partial charge >= 0.3 is 0 Å². The second-order valence-electron chi connectivity index (χ2n) is 6.98. The molecule has 9 heteroatoms. The topological polar surface area (TPSA) is 75.7 Å². The third-order valence-electron chi connectivity index (χ3n) is 4.97. The number of anilines is 1. The Morgan fingerprint density at radius 3 is 2.65 bits per heavy atom. The van der Waals surface area contributed by atoms with Crippen LogP contribution in [0.15, 0.2) is 75.1 Å². The van der Waals surface area contributed by atoms with Crippen molar-refractivity contribution in [3.63, 3.8) is 0 Å². The quantitative estimate of drug-likeness (QED) is 0.552. The minimum absolute atomic E-state index is 0.00738. The van der Waals surface area contributed by atoms with Crippen LogP contribution in [0.2, 0.25) is 0 Å². The van der Waals surface area contributed by atoms with Crippen molar-refractivity contribution < 1.29 is 17.9 Å². The van der Waals surface area contributed by atoms with Gasteiger partial charge in [-0.15, -0.1) is 23.1 Å². The maximum absolute atomic E-state index is 12.6. The number of ether oxygens (including phenoxy) is 1. The molecule has 4 rings (SSSR count). The monoisotopic (exact) mass is 474 g/mol. The van der Waals surface area contributed by atoms with Crippen molar-refractivity contribution in [3.8, 4) is 5.75 Å². The number of hydrogen-bond acceptors (Lipinski definition) is 6. The average Bonchev–Trinajstić information content (AvgIpc) is 3.34. The minimum atomic E-state index is -3.58. The number of amides is 1. The van der Waals surface area contributed by atoms with Gasteiger partial charge in [-0.05, 0) is 53.8 Å². The maximum Gasteiger partial charge on any atom is 0.273 e. The number of rotatable bonds is 7. The van der Waals surface area contributed by atoms with Gasteiger partial charge in [0, 0.05) is 17.7 Å². The number of fused-ring (bicyclic) bond motifs is 1. The second-order valence-corrected chi connectivity index (χ2v) is 11.3. The Bertz CT molecular complexity index is 1150. The Labute approximate surface area is 190 Å². The molecule has 162 valence electrons. The first-order chi connectivity index (χ1) is 14.9. The van der Waals surface area contributed by atoms with E-state index in [1.165, 1.54) is 27.6 Å². The summed E-state index contributed by atoms with van der Waals surface area (Å²) in [5.41, 5.74) is 1.66. The van der Waals surface area contributed by atoms with E-state index < -0.39 is 10.0 Å². The fraction of sp³-hybridized carbons (Fsp3) is 0.227. The van der Waals surface area contributed by atoms with Crippen LogP contribution in [0.25, 0.3) is 0 Å². The van der Waals surface area contributed by atoms with Crippen molar-refractivity contribution >= 4 is 44.7 Å². The van der Waals surface area contributed by atoms with Crippen molar-refractivity contribution in [2.45, 2.75) is 21.6 Å². The van der Waals surface area contributed by atoms with E-state index in [1.807, 2.05) is 18.2 Å². The molecule has 0 bridgehead atoms. The molecule has 0 radical (unpaired) electrons. The molecule has 0 fully saturated rings. The highest BCUT2D eigenvalue weighted by Gasteiger charge is 2.23. The molecule has 0 unspecified atom stereocenters. The number of thiophene rings is 1. The molecule has 1 amide bonds. The van der Waals surface area contributed by atoms with Gasteiger partial charge in [0.1, 0.15) is 9.96 Å². The molecule has 3 aromatic rings. The van der Waals surface area contributed by atoms with Crippen LogP contribution in [0.5, 0.6) is 5.75 Å². The zero-order chi connectivity index (χ0) is 21.8. The largest absolute Gasteiger partial charge is 0.484 e. The number of nitrogens with zero attached hydrogens (tertiary/aromatic N) is 1. The number of carbonyl (C=O) groups is 1. The normalized spacial score (nSPS) is 15.7. The molecule has 31 heavy (non-hydrogen) atoms. The Kier molecular flexibility index (Phi) is 6.54. The van der Waals surface area contributed by atoms with Crippen molar-refractivity contribution in [1.29, 1.82) is 0 Å². The van der Waals surface area contributed by atoms with E-state index in [-0.39, 0.29) is 22.8 Å². The van der Waals surface area contributed by atoms with E-state index in [0.717, 1.165) is 17.7 Å². The molecule has 6 nitrogen and oxygen atoms in total. The van der Waals surface area contributed by atoms with Gasteiger partial charge in [0.25, 0.3) is 15.9 Å². The van der Waals surface area contributed by atoms with E-state index >= 15 is 0 Å². The molecular formula is C22H22N2O4S3. The number of thioether (sulfide) groups is 1. The van der Waals surface area contributed by atoms with Crippen LogP contribution in [-0.2, 0) is 14.8 Å². The van der Waals surface area contributed by atoms with Crippen molar-refractivity contribution in [1.82, 2.24) is 5.32 Å². The van der Waals surface area contributed by atoms with E-state index in [2.05, 4.69) is 11.4 Å². The third kappa shape index (κ3) is 4.89. The average molecular weight is 475 g/mol. The lowest BCUT2D eigenvalue weighted by atomic mass is 10.0. The van der Waals surface area contributed by atoms with E-state index in [1.54, 1.807) is 53.5 Å². The van der Waals surface area contributed by atoms with Crippen molar-refractivity contribution in [3.05, 3.63) is 71.6 Å². The van der Waals surface area contributed by atoms with Crippen LogP contribution < -0.4 is 14.4 Å². The highest BCUT2D eigenvalue weighted by atomic mass is 32.2. The van der Waals surface area contributed by atoms with Gasteiger partial charge in [0.2, 0.25) is 0 Å². The summed E-state index contributed by atoms with van der Waals surface area (Å²) in [5, 5.41) is 4.78. The van der Waals surface area contributed by atoms with E-state index in [0.29, 0.717) is 11.4 Å². The molecule has 1 aliphatic heterocycles. The lowest BCUT2D eigenvalue weighted by molar-refractivity contribution is -0.123. The summed E-state index contributed by atoms with van der Waals surface area (Å²) in [5.74, 6) is 1.28. The lowest BCUT2D eigenvalue weighted by Crippen LogP contribution is -2.34. The molecule has 2 aromatic carbocycles. The van der Waals surface area contributed by atoms with Gasteiger partial charge in [-0.3, -0.25) is 9.10 Å². The summed E-state index contributed by atoms with van der Waals surface area (Å²) in [7, 11) is -2.07. The van der Waals surface area contributed by atoms with Crippen LogP contribution in [0.4, 0.5) is 5.69 Å². The molecule has 0 spiro atoms. The number of sulfonamides is 1. The molecule has 1 aromatic heterocycles. The van der Waals surface area contributed by atoms with Gasteiger partial charge in [0.15, 0.2) is 6.61 Å². The van der Waals surface area contributed by atoms with Crippen molar-refractivity contribution in [2.75, 3.05) is 23.7 Å². The van der Waals surface area contributed by atoms with Gasteiger partial charge < -0.3 is 10.1 Å². The number of benzene rings is 2. The van der Waals surface area contributed by atoms with Crippen LogP contribution in [0.1, 0.15) is 18.0 Å². The summed E-state index contributed by atoms with van der Waals surface area (Å²) in [4.78, 5) is 13.6. The fourth-order valence-electron chi connectivity index (χ4n) is 3.31. The highest BCUT2D eigenvalue weighted by molar-refractivity contribution is 7.99. The summed E-state index contributed by atoms with van der Waals surface area (Å²) >= 11 is 2.98. The first kappa shape index (κ1) is 21.7. The Balaban J connectivity index is 1.34. The van der Waals surface area contributed by atoms with Crippen LogP contribution in [-0.4, -0.2) is 33.7 Å². The summed E-state index contributed by atoms with van der Waals surface area (Å²) in [6, 6.07) is 18.0. The lowest BCUT2D eigenvalue weighted by Gasteiger charge is -2.25. The number of hydrogen-bond donors (Lipinski definition) is 1. The van der Waals surface area contributed by atoms with Crippen molar-refractivity contribution in [2.24, 2.45) is 0 Å². The third-order valence-corrected chi connectivity index (χ3v) is 9.26. The Hall–Kier alpha value is -2.49. The minimum Gasteiger partial charge on any atom is -0.484 e. The van der Waals surface area contributed by atoms with E-state index in [9.17, 15) is 13.2 Å². The first-order valence-corrected chi connectivity index (χ1v) is 13.0. The predicted molar refractivity (Wildman–Crippen MR) is 125 cm³/mol. The van der Waals surface area contributed by atoms with Gasteiger partial charge in [-0.2, -0.15) is 0 Å². The number of carbonyl (C=O) groups excluding carboxylic acids is 1. The molecule has 1 atom stereocenters. The molecule has 2 heterocycles. The molecule has 0 aliphatic carbocycles. The van der Waals surface area contributed by atoms with E-state index in [4.69, 9.17) is 4.74 Å². The molecule has 1 aliphatic rings. The Morgan fingerprint density at radius 2 is 1.90 bits per heavy atom. The van der Waals surface area contributed by atoms with Gasteiger partial charge in [-0.25, -0.2) is 8.42 Å². The maximum atomic E-state index is 12.6. The zero-order valence-corrected chi connectivity index (χ0v) is 19.3. The molecule has 0 saturated carbocycles.